The van der Waals surface area contributed by atoms with E-state index < -0.39 is 0 Å². The second kappa shape index (κ2) is 6.02. The van der Waals surface area contributed by atoms with Crippen molar-refractivity contribution in [2.75, 3.05) is 26.2 Å². The normalized spacial score (nSPS) is 29.1. The molecule has 1 aliphatic heterocycles. The summed E-state index contributed by atoms with van der Waals surface area (Å²) in [6.07, 6.45) is 7.29. The molecule has 94 valence electrons. The first-order chi connectivity index (χ1) is 7.75. The van der Waals surface area contributed by atoms with Gasteiger partial charge in [-0.25, -0.2) is 0 Å². The molecule has 1 saturated heterocycles. The van der Waals surface area contributed by atoms with Gasteiger partial charge in [0.05, 0.1) is 0 Å². The predicted octanol–water partition coefficient (Wildman–Crippen LogP) is 2.50. The maximum atomic E-state index is 3.55. The van der Waals surface area contributed by atoms with E-state index in [1.807, 2.05) is 0 Å². The van der Waals surface area contributed by atoms with Crippen molar-refractivity contribution < 1.29 is 0 Å². The molecule has 2 aliphatic rings. The molecule has 2 nitrogen and oxygen atoms in total. The second-order valence-corrected chi connectivity index (χ2v) is 6.13. The summed E-state index contributed by atoms with van der Waals surface area (Å²) in [7, 11) is 0. The zero-order chi connectivity index (χ0) is 11.4. The highest BCUT2D eigenvalue weighted by atomic mass is 15.2. The summed E-state index contributed by atoms with van der Waals surface area (Å²) < 4.78 is 0. The molecule has 0 spiro atoms. The van der Waals surface area contributed by atoms with E-state index in [1.54, 1.807) is 0 Å². The molecule has 0 amide bonds. The maximum Gasteiger partial charge on any atom is 0.0223 e. The molecule has 16 heavy (non-hydrogen) atoms. The quantitative estimate of drug-likeness (QED) is 0.789. The Bertz CT molecular complexity index is 197. The summed E-state index contributed by atoms with van der Waals surface area (Å²) in [5, 5.41) is 3.55. The molecule has 0 aromatic rings. The number of nitrogens with one attached hydrogen (secondary N) is 1. The molecule has 1 N–H and O–H groups in total. The number of hydrogen-bond acceptors (Lipinski definition) is 2. The van der Waals surface area contributed by atoms with Gasteiger partial charge < -0.3 is 5.32 Å². The van der Waals surface area contributed by atoms with E-state index in [0.29, 0.717) is 0 Å². The highest BCUT2D eigenvalue weighted by molar-refractivity contribution is 4.83. The molecule has 2 fully saturated rings. The highest BCUT2D eigenvalue weighted by Crippen LogP contribution is 2.27. The Balaban J connectivity index is 1.83. The number of piperazine rings is 1. The van der Waals surface area contributed by atoms with Crippen molar-refractivity contribution in [3.8, 4) is 0 Å². The largest absolute Gasteiger partial charge is 0.314 e. The molecule has 0 bridgehead atoms. The lowest BCUT2D eigenvalue weighted by molar-refractivity contribution is 0.121. The van der Waals surface area contributed by atoms with Crippen molar-refractivity contribution in [3.63, 3.8) is 0 Å². The Kier molecular flexibility index (Phi) is 4.66. The molecule has 0 aromatic carbocycles. The molecular formula is C14H28N2. The minimum absolute atomic E-state index is 0.800. The van der Waals surface area contributed by atoms with Crippen LogP contribution in [0, 0.1) is 11.8 Å². The van der Waals surface area contributed by atoms with Gasteiger partial charge in [-0.1, -0.05) is 26.7 Å². The molecule has 0 radical (unpaired) electrons. The summed E-state index contributed by atoms with van der Waals surface area (Å²) >= 11 is 0. The molecule has 1 saturated carbocycles. The van der Waals surface area contributed by atoms with Crippen molar-refractivity contribution in [1.29, 1.82) is 0 Å². The van der Waals surface area contributed by atoms with Gasteiger partial charge in [0.1, 0.15) is 0 Å². The topological polar surface area (TPSA) is 15.3 Å². The van der Waals surface area contributed by atoms with Crippen LogP contribution in [0.1, 0.15) is 46.0 Å². The van der Waals surface area contributed by atoms with Gasteiger partial charge in [0, 0.05) is 32.2 Å². The van der Waals surface area contributed by atoms with Crippen molar-refractivity contribution in [2.45, 2.75) is 52.0 Å². The van der Waals surface area contributed by atoms with Crippen LogP contribution in [-0.4, -0.2) is 37.1 Å². The predicted molar refractivity (Wildman–Crippen MR) is 69.6 cm³/mol. The fraction of sp³-hybridized carbons (Fsp3) is 1.00. The van der Waals surface area contributed by atoms with Crippen LogP contribution in [0.3, 0.4) is 0 Å². The molecular weight excluding hydrogens is 196 g/mol. The monoisotopic (exact) mass is 224 g/mol. The molecule has 1 atom stereocenters. The zero-order valence-corrected chi connectivity index (χ0v) is 11.0. The Labute approximate surface area is 101 Å². The summed E-state index contributed by atoms with van der Waals surface area (Å²) in [6, 6.07) is 0.800. The highest BCUT2D eigenvalue weighted by Gasteiger charge is 2.26. The number of nitrogens with zero attached hydrogens (tertiary/aromatic N) is 1. The lowest BCUT2D eigenvalue weighted by Crippen LogP contribution is -2.52. The minimum atomic E-state index is 0.800. The van der Waals surface area contributed by atoms with Gasteiger partial charge in [0.2, 0.25) is 0 Å². The van der Waals surface area contributed by atoms with E-state index in [4.69, 9.17) is 0 Å². The van der Waals surface area contributed by atoms with Crippen LogP contribution in [0.5, 0.6) is 0 Å². The molecule has 1 unspecified atom stereocenters. The van der Waals surface area contributed by atoms with Gasteiger partial charge in [0.25, 0.3) is 0 Å². The van der Waals surface area contributed by atoms with Crippen LogP contribution in [0.15, 0.2) is 0 Å². The van der Waals surface area contributed by atoms with Gasteiger partial charge >= 0.3 is 0 Å². The maximum absolute atomic E-state index is 3.55. The third-order valence-corrected chi connectivity index (χ3v) is 4.18. The van der Waals surface area contributed by atoms with E-state index in [1.165, 1.54) is 58.3 Å². The molecule has 0 aromatic heterocycles. The molecule has 1 heterocycles. The van der Waals surface area contributed by atoms with E-state index in [9.17, 15) is 0 Å². The average molecular weight is 224 g/mol. The van der Waals surface area contributed by atoms with Crippen molar-refractivity contribution in [1.82, 2.24) is 10.2 Å². The van der Waals surface area contributed by atoms with Crippen molar-refractivity contribution >= 4 is 0 Å². The fourth-order valence-electron chi connectivity index (χ4n) is 3.34. The average Bonchev–Trinajstić information content (AvgIpc) is 2.73. The standard InChI is InChI=1S/C14H28N2/c1-12(2)9-14-10-15-7-8-16(14)11-13-5-3-4-6-13/h12-15H,3-11H2,1-2H3. The van der Waals surface area contributed by atoms with Crippen molar-refractivity contribution in [3.05, 3.63) is 0 Å². The van der Waals surface area contributed by atoms with E-state index in [-0.39, 0.29) is 0 Å². The lowest BCUT2D eigenvalue weighted by atomic mass is 9.98. The summed E-state index contributed by atoms with van der Waals surface area (Å²) in [6.45, 7) is 9.75. The van der Waals surface area contributed by atoms with Crippen LogP contribution < -0.4 is 5.32 Å². The second-order valence-electron chi connectivity index (χ2n) is 6.13. The zero-order valence-electron chi connectivity index (χ0n) is 11.0. The van der Waals surface area contributed by atoms with Crippen LogP contribution in [0.25, 0.3) is 0 Å². The van der Waals surface area contributed by atoms with Crippen LogP contribution in [-0.2, 0) is 0 Å². The van der Waals surface area contributed by atoms with Crippen LogP contribution in [0.4, 0.5) is 0 Å². The summed E-state index contributed by atoms with van der Waals surface area (Å²) in [5.74, 6) is 1.84. The van der Waals surface area contributed by atoms with Crippen LogP contribution in [0.2, 0.25) is 0 Å². The van der Waals surface area contributed by atoms with Crippen LogP contribution >= 0.6 is 0 Å². The van der Waals surface area contributed by atoms with Gasteiger partial charge in [0.15, 0.2) is 0 Å². The van der Waals surface area contributed by atoms with E-state index >= 15 is 0 Å². The van der Waals surface area contributed by atoms with Gasteiger partial charge in [-0.3, -0.25) is 4.90 Å². The van der Waals surface area contributed by atoms with E-state index in [0.717, 1.165) is 17.9 Å². The number of hydrogen-bond donors (Lipinski definition) is 1. The van der Waals surface area contributed by atoms with Gasteiger partial charge in [-0.05, 0) is 31.1 Å². The lowest BCUT2D eigenvalue weighted by Gasteiger charge is -2.38. The molecule has 2 heteroatoms. The Morgan fingerprint density at radius 2 is 2.00 bits per heavy atom. The Morgan fingerprint density at radius 1 is 1.25 bits per heavy atom. The van der Waals surface area contributed by atoms with Gasteiger partial charge in [-0.2, -0.15) is 0 Å². The third kappa shape index (κ3) is 3.46. The first-order valence-corrected chi connectivity index (χ1v) is 7.20. The van der Waals surface area contributed by atoms with Crippen molar-refractivity contribution in [2.24, 2.45) is 11.8 Å². The van der Waals surface area contributed by atoms with E-state index in [2.05, 4.69) is 24.1 Å². The summed E-state index contributed by atoms with van der Waals surface area (Å²) in [5.41, 5.74) is 0. The smallest absolute Gasteiger partial charge is 0.0223 e. The summed E-state index contributed by atoms with van der Waals surface area (Å²) in [4.78, 5) is 2.77. The molecule has 1 aliphatic carbocycles. The number of rotatable bonds is 4. The minimum Gasteiger partial charge on any atom is -0.314 e. The fourth-order valence-corrected chi connectivity index (χ4v) is 3.34. The molecule has 2 rings (SSSR count). The first-order valence-electron chi connectivity index (χ1n) is 7.20. The van der Waals surface area contributed by atoms with Gasteiger partial charge in [-0.15, -0.1) is 0 Å². The third-order valence-electron chi connectivity index (χ3n) is 4.18. The first kappa shape index (κ1) is 12.4. The Hall–Kier alpha value is -0.0800. The SMILES string of the molecule is CC(C)CC1CNCCN1CC1CCCC1. The Morgan fingerprint density at radius 3 is 2.69 bits per heavy atom.